The highest BCUT2D eigenvalue weighted by Crippen LogP contribution is 2.67. The Labute approximate surface area is 280 Å². The van der Waals surface area contributed by atoms with E-state index >= 15 is 0 Å². The molecule has 264 valence electrons. The minimum atomic E-state index is -4.15. The molecule has 3 saturated carbocycles. The third kappa shape index (κ3) is 8.26. The van der Waals surface area contributed by atoms with Gasteiger partial charge in [0, 0.05) is 25.8 Å². The van der Waals surface area contributed by atoms with Crippen LogP contribution in [0.1, 0.15) is 118 Å². The van der Waals surface area contributed by atoms with Gasteiger partial charge in [0.2, 0.25) is 0 Å². The first-order valence-electron chi connectivity index (χ1n) is 18.8. The highest BCUT2D eigenvalue weighted by atomic mass is 31.2. The number of phosphoric acid groups is 1. The quantitative estimate of drug-likeness (QED) is 0.0837. The van der Waals surface area contributed by atoms with Crippen LogP contribution >= 0.6 is 7.82 Å². The SMILES string of the molecule is CC(C)CCC[C@@H](C)[C@H]1CC[C@H]2[C@@H]3CC=C4C[C@@H](OC(=O)NCCOP(=O)(O)OCC[N+]5(C)CCCC5)CC[C@]4(C)[C@H]3CC[C@]12C. The third-order valence-electron chi connectivity index (χ3n) is 13.7. The number of amides is 1. The minimum Gasteiger partial charge on any atom is -0.446 e. The second-order valence-electron chi connectivity index (χ2n) is 17.1. The Morgan fingerprint density at radius 3 is 2.52 bits per heavy atom. The lowest BCUT2D eigenvalue weighted by Crippen LogP contribution is -2.51. The van der Waals surface area contributed by atoms with Crippen molar-refractivity contribution in [1.82, 2.24) is 5.32 Å². The van der Waals surface area contributed by atoms with Gasteiger partial charge in [0.15, 0.2) is 0 Å². The lowest BCUT2D eigenvalue weighted by Gasteiger charge is -2.58. The molecule has 0 bridgehead atoms. The Balaban J connectivity index is 1.06. The van der Waals surface area contributed by atoms with Gasteiger partial charge in [-0.15, -0.1) is 0 Å². The first kappa shape index (κ1) is 36.4. The molecule has 5 rings (SSSR count). The molecule has 0 aromatic carbocycles. The van der Waals surface area contributed by atoms with Crippen molar-refractivity contribution in [2.45, 2.75) is 124 Å². The van der Waals surface area contributed by atoms with E-state index in [1.165, 1.54) is 69.8 Å². The van der Waals surface area contributed by atoms with Gasteiger partial charge in [-0.05, 0) is 91.3 Å². The van der Waals surface area contributed by atoms with Crippen molar-refractivity contribution < 1.29 is 32.5 Å². The van der Waals surface area contributed by atoms with Crippen molar-refractivity contribution in [3.63, 3.8) is 0 Å². The number of nitrogens with one attached hydrogen (secondary N) is 1. The summed E-state index contributed by atoms with van der Waals surface area (Å²) in [4.78, 5) is 22.6. The zero-order valence-electron chi connectivity index (χ0n) is 29.9. The molecule has 1 aliphatic heterocycles. The predicted octanol–water partition coefficient (Wildman–Crippen LogP) is 8.50. The molecular formula is C37H66N2O6P+. The minimum absolute atomic E-state index is 0.0922. The van der Waals surface area contributed by atoms with Gasteiger partial charge in [-0.2, -0.15) is 0 Å². The number of hydrogen-bond donors (Lipinski definition) is 2. The molecule has 0 spiro atoms. The molecule has 9 atom stereocenters. The van der Waals surface area contributed by atoms with Crippen molar-refractivity contribution >= 4 is 13.9 Å². The largest absolute Gasteiger partial charge is 0.472 e. The van der Waals surface area contributed by atoms with Gasteiger partial charge in [-0.1, -0.05) is 65.5 Å². The first-order chi connectivity index (χ1) is 21.7. The molecule has 5 aliphatic rings. The van der Waals surface area contributed by atoms with Crippen molar-refractivity contribution in [3.05, 3.63) is 11.6 Å². The van der Waals surface area contributed by atoms with Crippen LogP contribution < -0.4 is 5.32 Å². The summed E-state index contributed by atoms with van der Waals surface area (Å²) < 4.78 is 29.2. The number of hydrogen-bond acceptors (Lipinski definition) is 5. The molecule has 2 N–H and O–H groups in total. The first-order valence-corrected chi connectivity index (χ1v) is 20.3. The van der Waals surface area contributed by atoms with Crippen LogP contribution in [0.3, 0.4) is 0 Å². The number of fused-ring (bicyclic) bond motifs is 5. The van der Waals surface area contributed by atoms with Gasteiger partial charge >= 0.3 is 13.9 Å². The molecule has 1 amide bonds. The fourth-order valence-corrected chi connectivity index (χ4v) is 11.7. The number of quaternary nitrogens is 1. The molecule has 0 aromatic rings. The number of allylic oxidation sites excluding steroid dienone is 1. The average molecular weight is 666 g/mol. The number of ether oxygens (including phenoxy) is 1. The Bertz CT molecular complexity index is 1120. The van der Waals surface area contributed by atoms with Crippen LogP contribution in [0.5, 0.6) is 0 Å². The molecule has 4 aliphatic carbocycles. The smallest absolute Gasteiger partial charge is 0.446 e. The summed E-state index contributed by atoms with van der Waals surface area (Å²) in [7, 11) is -2.00. The number of alkyl carbamates (subject to hydrolysis) is 1. The van der Waals surface area contributed by atoms with E-state index in [4.69, 9.17) is 13.8 Å². The zero-order valence-corrected chi connectivity index (χ0v) is 30.8. The summed E-state index contributed by atoms with van der Waals surface area (Å²) in [6.45, 7) is 15.4. The summed E-state index contributed by atoms with van der Waals surface area (Å²) in [6, 6.07) is 0. The van der Waals surface area contributed by atoms with Gasteiger partial charge in [-0.25, -0.2) is 9.36 Å². The molecule has 9 heteroatoms. The molecule has 0 radical (unpaired) electrons. The number of rotatable bonds is 14. The van der Waals surface area contributed by atoms with E-state index in [1.807, 2.05) is 0 Å². The van der Waals surface area contributed by atoms with E-state index < -0.39 is 13.9 Å². The van der Waals surface area contributed by atoms with E-state index in [-0.39, 0.29) is 31.3 Å². The highest BCUT2D eigenvalue weighted by Gasteiger charge is 2.59. The topological polar surface area (TPSA) is 94.1 Å². The van der Waals surface area contributed by atoms with Crippen LogP contribution in [-0.4, -0.2) is 68.0 Å². The van der Waals surface area contributed by atoms with Gasteiger partial charge in [0.1, 0.15) is 19.3 Å². The van der Waals surface area contributed by atoms with Gasteiger partial charge in [-0.3, -0.25) is 9.05 Å². The number of carbonyl (C=O) groups is 1. The van der Waals surface area contributed by atoms with Gasteiger partial charge in [0.25, 0.3) is 0 Å². The van der Waals surface area contributed by atoms with Crippen LogP contribution in [0.4, 0.5) is 4.79 Å². The maximum atomic E-state index is 12.6. The normalized spacial score (nSPS) is 37.0. The highest BCUT2D eigenvalue weighted by molar-refractivity contribution is 7.47. The molecule has 46 heavy (non-hydrogen) atoms. The monoisotopic (exact) mass is 665 g/mol. The van der Waals surface area contributed by atoms with E-state index in [9.17, 15) is 14.3 Å². The summed E-state index contributed by atoms with van der Waals surface area (Å²) in [5, 5.41) is 2.70. The van der Waals surface area contributed by atoms with Crippen LogP contribution in [-0.2, 0) is 18.3 Å². The Morgan fingerprint density at radius 2 is 1.78 bits per heavy atom. The summed E-state index contributed by atoms with van der Waals surface area (Å²) in [6.07, 6.45) is 17.9. The number of likely N-dealkylation sites (N-methyl/N-ethyl adjacent to an activating group) is 1. The van der Waals surface area contributed by atoms with Gasteiger partial charge in [0.05, 0.1) is 26.7 Å². The molecule has 1 heterocycles. The summed E-state index contributed by atoms with van der Waals surface area (Å²) in [5.74, 6) is 4.88. The Morgan fingerprint density at radius 1 is 1.04 bits per heavy atom. The van der Waals surface area contributed by atoms with Crippen LogP contribution in [0.15, 0.2) is 11.6 Å². The number of likely N-dealkylation sites (tertiary alicyclic amines) is 1. The lowest BCUT2D eigenvalue weighted by atomic mass is 9.47. The Kier molecular flexibility index (Phi) is 11.8. The molecular weight excluding hydrogens is 599 g/mol. The van der Waals surface area contributed by atoms with Crippen molar-refractivity contribution in [1.29, 1.82) is 0 Å². The Hall–Kier alpha value is -0.920. The van der Waals surface area contributed by atoms with Crippen LogP contribution in [0, 0.1) is 46.3 Å². The third-order valence-corrected chi connectivity index (χ3v) is 14.7. The number of nitrogens with zero attached hydrogens (tertiary/aromatic N) is 1. The van der Waals surface area contributed by atoms with E-state index in [1.54, 1.807) is 0 Å². The second-order valence-corrected chi connectivity index (χ2v) is 18.6. The van der Waals surface area contributed by atoms with Crippen LogP contribution in [0.25, 0.3) is 0 Å². The van der Waals surface area contributed by atoms with Crippen LogP contribution in [0.2, 0.25) is 0 Å². The number of phosphoric ester groups is 1. The maximum absolute atomic E-state index is 12.6. The molecule has 1 saturated heterocycles. The predicted molar refractivity (Wildman–Crippen MR) is 183 cm³/mol. The van der Waals surface area contributed by atoms with E-state index in [0.29, 0.717) is 12.0 Å². The fraction of sp³-hybridized carbons (Fsp3) is 0.919. The number of carbonyl (C=O) groups excluding carboxylic acids is 1. The second kappa shape index (κ2) is 14.9. The zero-order chi connectivity index (χ0) is 33.2. The van der Waals surface area contributed by atoms with Crippen molar-refractivity contribution in [2.24, 2.45) is 46.3 Å². The van der Waals surface area contributed by atoms with Crippen molar-refractivity contribution in [2.75, 3.05) is 46.4 Å². The fourth-order valence-electron chi connectivity index (χ4n) is 11.0. The average Bonchev–Trinajstić information content (AvgIpc) is 3.58. The molecule has 8 nitrogen and oxygen atoms in total. The molecule has 0 aromatic heterocycles. The van der Waals surface area contributed by atoms with E-state index in [2.05, 4.69) is 53.1 Å². The summed E-state index contributed by atoms with van der Waals surface area (Å²) in [5.41, 5.74) is 2.21. The standard InChI is InChI=1S/C37H65N2O6P/c1-27(2)10-9-11-28(3)32-14-15-33-31-13-12-29-26-30(16-18-36(29,4)34(31)17-19-37(32,33)5)45-35(40)38-20-24-43-46(41,42)44-25-23-39(6)21-7-8-22-39/h12,27-28,30-34H,7-11,13-26H2,1-6H3,(H-,38,40,41,42)/p+1/t28-,30+,31+,32-,33+,34+,36+,37-/m1/s1. The molecule has 4 fully saturated rings. The van der Waals surface area contributed by atoms with E-state index in [0.717, 1.165) is 72.3 Å². The molecule has 1 unspecified atom stereocenters. The van der Waals surface area contributed by atoms with Crippen molar-refractivity contribution in [3.8, 4) is 0 Å². The van der Waals surface area contributed by atoms with Gasteiger partial charge < -0.3 is 19.4 Å². The lowest BCUT2D eigenvalue weighted by molar-refractivity contribution is -0.897. The maximum Gasteiger partial charge on any atom is 0.472 e. The summed E-state index contributed by atoms with van der Waals surface area (Å²) >= 11 is 0.